The summed E-state index contributed by atoms with van der Waals surface area (Å²) < 4.78 is 20.0. The van der Waals surface area contributed by atoms with E-state index >= 15 is 0 Å². The molecule has 41 heavy (non-hydrogen) atoms. The fraction of sp³-hybridized carbons (Fsp3) is 0.645. The van der Waals surface area contributed by atoms with E-state index in [1.807, 2.05) is 23.0 Å². The number of fused-ring (bicyclic) bond motifs is 2. The molecular weight excluding hydrogens is 520 g/mol. The molecule has 0 amide bonds. The minimum atomic E-state index is -0.543. The number of likely N-dealkylation sites (N-methyl/N-ethyl adjacent to an activating group) is 1. The van der Waals surface area contributed by atoms with E-state index in [0.717, 1.165) is 94.7 Å². The molecule has 218 valence electrons. The van der Waals surface area contributed by atoms with E-state index < -0.39 is 5.41 Å². The molecule has 4 aliphatic rings. The van der Waals surface area contributed by atoms with Crippen molar-refractivity contribution in [3.8, 4) is 28.8 Å². The highest BCUT2D eigenvalue weighted by molar-refractivity contribution is 5.91. The van der Waals surface area contributed by atoms with Crippen LogP contribution < -0.4 is 4.74 Å². The molecule has 0 aromatic carbocycles. The number of hydrogen-bond donors (Lipinski definition) is 0. The number of aromatic nitrogens is 5. The number of Topliss-reactive ketones (excluding diaryl/α,β-unsaturated/α-hetero) is 1. The second-order valence-electron chi connectivity index (χ2n) is 12.5. The van der Waals surface area contributed by atoms with Gasteiger partial charge in [-0.2, -0.15) is 10.1 Å². The van der Waals surface area contributed by atoms with Crippen molar-refractivity contribution in [1.29, 1.82) is 0 Å². The number of carbonyl (C=O) groups excluding carboxylic acids is 1. The molecule has 1 spiro atoms. The highest BCUT2D eigenvalue weighted by atomic mass is 16.5. The fourth-order valence-corrected chi connectivity index (χ4v) is 7.48. The van der Waals surface area contributed by atoms with Gasteiger partial charge in [0.25, 0.3) is 0 Å². The number of carbonyl (C=O) groups is 1. The summed E-state index contributed by atoms with van der Waals surface area (Å²) in [6, 6.07) is 4.22. The average Bonchev–Trinajstić information content (AvgIpc) is 3.79. The lowest BCUT2D eigenvalue weighted by molar-refractivity contribution is -0.128. The predicted octanol–water partition coefficient (Wildman–Crippen LogP) is 4.61. The summed E-state index contributed by atoms with van der Waals surface area (Å²) >= 11 is 0. The Morgan fingerprint density at radius 1 is 1.12 bits per heavy atom. The quantitative estimate of drug-likeness (QED) is 0.409. The molecular formula is C31H40N6O4. The molecule has 4 atom stereocenters. The van der Waals surface area contributed by atoms with Crippen molar-refractivity contribution in [3.63, 3.8) is 0 Å². The first-order valence-corrected chi connectivity index (χ1v) is 15.4. The monoisotopic (exact) mass is 560 g/mol. The first-order valence-electron chi connectivity index (χ1n) is 15.4. The van der Waals surface area contributed by atoms with Gasteiger partial charge in [0.2, 0.25) is 5.88 Å². The first-order chi connectivity index (χ1) is 20.0. The van der Waals surface area contributed by atoms with Crippen LogP contribution in [0.4, 0.5) is 0 Å². The van der Waals surface area contributed by atoms with Gasteiger partial charge < -0.3 is 14.0 Å². The number of ketones is 1. The smallest absolute Gasteiger partial charge is 0.217 e. The summed E-state index contributed by atoms with van der Waals surface area (Å²) in [4.78, 5) is 25.4. The van der Waals surface area contributed by atoms with Gasteiger partial charge in [-0.1, -0.05) is 11.6 Å². The van der Waals surface area contributed by atoms with Gasteiger partial charge in [-0.15, -0.1) is 0 Å². The van der Waals surface area contributed by atoms with Gasteiger partial charge in [0, 0.05) is 49.4 Å². The summed E-state index contributed by atoms with van der Waals surface area (Å²) in [5.41, 5.74) is 2.51. The molecule has 2 saturated heterocycles. The molecule has 5 heterocycles. The number of ether oxygens (including phenoxy) is 2. The van der Waals surface area contributed by atoms with Crippen LogP contribution in [0.25, 0.3) is 22.9 Å². The van der Waals surface area contributed by atoms with E-state index in [1.165, 1.54) is 6.42 Å². The Kier molecular flexibility index (Phi) is 7.15. The van der Waals surface area contributed by atoms with Gasteiger partial charge >= 0.3 is 0 Å². The van der Waals surface area contributed by atoms with Crippen LogP contribution in [0.3, 0.4) is 0 Å². The summed E-state index contributed by atoms with van der Waals surface area (Å²) in [5.74, 6) is 2.48. The topological polar surface area (TPSA) is 108 Å². The molecule has 2 aliphatic heterocycles. The summed E-state index contributed by atoms with van der Waals surface area (Å²) in [5, 5.41) is 9.38. The van der Waals surface area contributed by atoms with Crippen LogP contribution in [-0.2, 0) is 27.9 Å². The van der Waals surface area contributed by atoms with Gasteiger partial charge in [-0.3, -0.25) is 14.4 Å². The number of rotatable bonds is 7. The van der Waals surface area contributed by atoms with E-state index in [0.29, 0.717) is 47.3 Å². The molecule has 10 heteroatoms. The van der Waals surface area contributed by atoms with Gasteiger partial charge in [-0.25, -0.2) is 4.98 Å². The minimum Gasteiger partial charge on any atom is -0.473 e. The molecule has 10 nitrogen and oxygen atoms in total. The number of nitrogens with zero attached hydrogens (tertiary/aromatic N) is 6. The van der Waals surface area contributed by atoms with Gasteiger partial charge in [-0.05, 0) is 77.9 Å². The van der Waals surface area contributed by atoms with E-state index in [2.05, 4.69) is 24.0 Å². The van der Waals surface area contributed by atoms with E-state index in [9.17, 15) is 4.79 Å². The van der Waals surface area contributed by atoms with Crippen LogP contribution in [0.5, 0.6) is 5.88 Å². The standard InChI is InChI=1S/C31H40N6O4/c1-20(25-8-6-14-36(25)2)40-27-17-24(23-10-15-37(34-23)18-21-11-16-39-19-21)32-30(33-27)28-22-7-5-13-31(29(22)41-35-28)12-4-3-9-26(31)38/h10,15,17,20-21,25H,3-9,11-14,16,18-19H2,1-2H3/t20-,21+,25-,31+/m0/s1. The highest BCUT2D eigenvalue weighted by Gasteiger charge is 2.48. The van der Waals surface area contributed by atoms with Crippen LogP contribution in [-0.4, -0.2) is 74.5 Å². The Bertz CT molecular complexity index is 1410. The third-order valence-electron chi connectivity index (χ3n) is 9.76. The van der Waals surface area contributed by atoms with Crippen molar-refractivity contribution < 1.29 is 18.8 Å². The maximum atomic E-state index is 13.2. The molecule has 0 unspecified atom stereocenters. The predicted molar refractivity (Wildman–Crippen MR) is 152 cm³/mol. The van der Waals surface area contributed by atoms with Crippen LogP contribution in [0.15, 0.2) is 22.9 Å². The number of likely N-dealkylation sites (tertiary alicyclic amines) is 1. The first kappa shape index (κ1) is 26.8. The second-order valence-corrected chi connectivity index (χ2v) is 12.5. The lowest BCUT2D eigenvalue weighted by atomic mass is 9.64. The molecule has 0 radical (unpaired) electrons. The van der Waals surface area contributed by atoms with Crippen LogP contribution in [0, 0.1) is 5.92 Å². The van der Waals surface area contributed by atoms with Crippen LogP contribution >= 0.6 is 0 Å². The van der Waals surface area contributed by atoms with Gasteiger partial charge in [0.05, 0.1) is 17.7 Å². The maximum absolute atomic E-state index is 13.2. The van der Waals surface area contributed by atoms with Gasteiger partial charge in [0.15, 0.2) is 17.3 Å². The molecule has 0 bridgehead atoms. The molecule has 3 fully saturated rings. The van der Waals surface area contributed by atoms with Crippen LogP contribution in [0.2, 0.25) is 0 Å². The summed E-state index contributed by atoms with van der Waals surface area (Å²) in [6.45, 7) is 5.60. The van der Waals surface area contributed by atoms with Crippen molar-refractivity contribution in [3.05, 3.63) is 29.7 Å². The minimum absolute atomic E-state index is 0.0348. The zero-order valence-electron chi connectivity index (χ0n) is 24.2. The van der Waals surface area contributed by atoms with E-state index in [-0.39, 0.29) is 6.10 Å². The molecule has 3 aromatic heterocycles. The van der Waals surface area contributed by atoms with Crippen molar-refractivity contribution in [2.75, 3.05) is 26.8 Å². The largest absolute Gasteiger partial charge is 0.473 e. The lowest BCUT2D eigenvalue weighted by Crippen LogP contribution is -2.41. The maximum Gasteiger partial charge on any atom is 0.217 e. The second kappa shape index (κ2) is 10.9. The Morgan fingerprint density at radius 3 is 2.83 bits per heavy atom. The van der Waals surface area contributed by atoms with Crippen molar-refractivity contribution >= 4 is 5.78 Å². The average molecular weight is 561 g/mol. The Hall–Kier alpha value is -3.11. The SMILES string of the molecule is C[C@H](Oc1cc(-c2ccn(C[C@H]3CCOC3)n2)nc(-c2noc3c2CCC[C@@]32CCCCC2=O)n1)[C@@H]1CCCN1C. The third-order valence-corrected chi connectivity index (χ3v) is 9.76. The lowest BCUT2D eigenvalue weighted by Gasteiger charge is -2.36. The summed E-state index contributed by atoms with van der Waals surface area (Å²) in [6.07, 6.45) is 11.3. The van der Waals surface area contributed by atoms with E-state index in [4.69, 9.17) is 29.1 Å². The molecule has 0 N–H and O–H groups in total. The zero-order valence-corrected chi connectivity index (χ0v) is 24.2. The Morgan fingerprint density at radius 2 is 2.02 bits per heavy atom. The highest BCUT2D eigenvalue weighted by Crippen LogP contribution is 2.47. The Labute approximate surface area is 240 Å². The number of hydrogen-bond acceptors (Lipinski definition) is 9. The van der Waals surface area contributed by atoms with Crippen molar-refractivity contribution in [1.82, 2.24) is 29.8 Å². The molecule has 7 rings (SSSR count). The normalized spacial score (nSPS) is 27.4. The zero-order chi connectivity index (χ0) is 28.0. The molecule has 3 aromatic rings. The van der Waals surface area contributed by atoms with Crippen LogP contribution in [0.1, 0.15) is 76.0 Å². The summed E-state index contributed by atoms with van der Waals surface area (Å²) in [7, 11) is 2.15. The Balaban J connectivity index is 1.25. The van der Waals surface area contributed by atoms with Gasteiger partial charge in [0.1, 0.15) is 17.6 Å². The fourth-order valence-electron chi connectivity index (χ4n) is 7.48. The molecule has 2 aliphatic carbocycles. The van der Waals surface area contributed by atoms with E-state index in [1.54, 1.807) is 0 Å². The third kappa shape index (κ3) is 4.99. The van der Waals surface area contributed by atoms with Crippen molar-refractivity contribution in [2.24, 2.45) is 5.92 Å². The molecule has 1 saturated carbocycles. The van der Waals surface area contributed by atoms with Crippen molar-refractivity contribution in [2.45, 2.75) is 95.2 Å².